The molecule has 4 nitrogen and oxygen atoms in total. The van der Waals surface area contributed by atoms with Crippen LogP contribution in [0.3, 0.4) is 0 Å². The van der Waals surface area contributed by atoms with Crippen LogP contribution in [0, 0.1) is 5.92 Å². The van der Waals surface area contributed by atoms with Gasteiger partial charge in [-0.1, -0.05) is 13.3 Å². The molecule has 1 heterocycles. The molecule has 0 saturated carbocycles. The summed E-state index contributed by atoms with van der Waals surface area (Å²) in [6.07, 6.45) is -1.84. The van der Waals surface area contributed by atoms with E-state index >= 15 is 0 Å². The summed E-state index contributed by atoms with van der Waals surface area (Å²) >= 11 is 1.04. The van der Waals surface area contributed by atoms with E-state index in [1.54, 1.807) is 0 Å². The standard InChI is InChI=1S/C14H16F3NO3S/c1-3-7-4-5-8-9(6-7)22-11(10(8)12(19)21-2)18-13(20)14(15,16)17/h7H,3-6H2,1-2H3,(H,18,20). The number of carbonyl (C=O) groups is 2. The molecule has 1 aromatic rings. The van der Waals surface area contributed by atoms with Crippen LogP contribution in [0.1, 0.15) is 40.6 Å². The van der Waals surface area contributed by atoms with E-state index in [0.717, 1.165) is 29.1 Å². The highest BCUT2D eigenvalue weighted by Crippen LogP contribution is 2.41. The van der Waals surface area contributed by atoms with Crippen molar-refractivity contribution in [2.24, 2.45) is 5.92 Å². The number of anilines is 1. The molecule has 1 aliphatic rings. The minimum atomic E-state index is -5.00. The van der Waals surface area contributed by atoms with Gasteiger partial charge < -0.3 is 10.1 Å². The number of methoxy groups -OCH3 is 1. The molecular weight excluding hydrogens is 319 g/mol. The van der Waals surface area contributed by atoms with Crippen molar-refractivity contribution in [1.82, 2.24) is 0 Å². The van der Waals surface area contributed by atoms with Crippen molar-refractivity contribution in [1.29, 1.82) is 0 Å². The molecule has 0 aliphatic heterocycles. The molecule has 0 radical (unpaired) electrons. The van der Waals surface area contributed by atoms with Crippen molar-refractivity contribution in [2.75, 3.05) is 12.4 Å². The molecule has 8 heteroatoms. The summed E-state index contributed by atoms with van der Waals surface area (Å²) in [5, 5.41) is 1.74. The van der Waals surface area contributed by atoms with Crippen molar-refractivity contribution in [3.05, 3.63) is 16.0 Å². The number of ether oxygens (including phenoxy) is 1. The highest BCUT2D eigenvalue weighted by molar-refractivity contribution is 7.17. The van der Waals surface area contributed by atoms with Crippen LogP contribution in [0.2, 0.25) is 0 Å². The van der Waals surface area contributed by atoms with Gasteiger partial charge in [0.1, 0.15) is 5.00 Å². The van der Waals surface area contributed by atoms with E-state index in [4.69, 9.17) is 0 Å². The zero-order chi connectivity index (χ0) is 16.5. The average molecular weight is 335 g/mol. The van der Waals surface area contributed by atoms with Crippen molar-refractivity contribution in [3.8, 4) is 0 Å². The van der Waals surface area contributed by atoms with E-state index < -0.39 is 18.1 Å². The lowest BCUT2D eigenvalue weighted by Gasteiger charge is -2.20. The van der Waals surface area contributed by atoms with E-state index in [0.29, 0.717) is 24.3 Å². The summed E-state index contributed by atoms with van der Waals surface area (Å²) < 4.78 is 41.9. The van der Waals surface area contributed by atoms with Crippen LogP contribution < -0.4 is 5.32 Å². The summed E-state index contributed by atoms with van der Waals surface area (Å²) in [6, 6.07) is 0. The van der Waals surface area contributed by atoms with Gasteiger partial charge in [0.05, 0.1) is 12.7 Å². The van der Waals surface area contributed by atoms with Crippen LogP contribution in [-0.4, -0.2) is 25.2 Å². The maximum atomic E-state index is 12.4. The molecule has 1 amide bonds. The number of thiophene rings is 1. The fourth-order valence-electron chi connectivity index (χ4n) is 2.58. The molecule has 0 saturated heterocycles. The molecule has 2 rings (SSSR count). The zero-order valence-electron chi connectivity index (χ0n) is 12.2. The molecule has 0 bridgehead atoms. The molecule has 0 fully saturated rings. The second-order valence-corrected chi connectivity index (χ2v) is 6.27. The van der Waals surface area contributed by atoms with Gasteiger partial charge in [-0.25, -0.2) is 4.79 Å². The fraction of sp³-hybridized carbons (Fsp3) is 0.571. The Morgan fingerprint density at radius 3 is 2.64 bits per heavy atom. The molecular formula is C14H16F3NO3S. The van der Waals surface area contributed by atoms with E-state index in [-0.39, 0.29) is 10.6 Å². The number of amides is 1. The van der Waals surface area contributed by atoms with Gasteiger partial charge in [-0.3, -0.25) is 4.79 Å². The molecule has 1 aromatic heterocycles. The third kappa shape index (κ3) is 3.26. The minimum Gasteiger partial charge on any atom is -0.465 e. The predicted molar refractivity (Wildman–Crippen MR) is 76.1 cm³/mol. The monoisotopic (exact) mass is 335 g/mol. The highest BCUT2D eigenvalue weighted by atomic mass is 32.1. The first kappa shape index (κ1) is 16.8. The van der Waals surface area contributed by atoms with Gasteiger partial charge >= 0.3 is 18.1 Å². The average Bonchev–Trinajstić information content (AvgIpc) is 2.82. The van der Waals surface area contributed by atoms with Gasteiger partial charge in [0.2, 0.25) is 0 Å². The first-order valence-corrected chi connectivity index (χ1v) is 7.70. The van der Waals surface area contributed by atoms with E-state index in [2.05, 4.69) is 11.7 Å². The van der Waals surface area contributed by atoms with Crippen molar-refractivity contribution in [3.63, 3.8) is 0 Å². The molecule has 1 aliphatic carbocycles. The third-order valence-corrected chi connectivity index (χ3v) is 4.99. The second kappa shape index (κ2) is 6.28. The van der Waals surface area contributed by atoms with Crippen LogP contribution in [0.25, 0.3) is 0 Å². The number of nitrogens with one attached hydrogen (secondary N) is 1. The van der Waals surface area contributed by atoms with E-state index in [1.165, 1.54) is 7.11 Å². The normalized spacial score (nSPS) is 17.8. The van der Waals surface area contributed by atoms with Crippen molar-refractivity contribution in [2.45, 2.75) is 38.8 Å². The van der Waals surface area contributed by atoms with Crippen LogP contribution in [0.4, 0.5) is 18.2 Å². The first-order valence-electron chi connectivity index (χ1n) is 6.88. The van der Waals surface area contributed by atoms with Gasteiger partial charge in [-0.15, -0.1) is 11.3 Å². The SMILES string of the molecule is CCC1CCc2c(sc(NC(=O)C(F)(F)F)c2C(=O)OC)C1. The number of hydrogen-bond donors (Lipinski definition) is 1. The topological polar surface area (TPSA) is 55.4 Å². The number of rotatable bonds is 3. The van der Waals surface area contributed by atoms with Gasteiger partial charge in [0, 0.05) is 4.88 Å². The van der Waals surface area contributed by atoms with E-state index in [1.807, 2.05) is 5.32 Å². The molecule has 22 heavy (non-hydrogen) atoms. The number of alkyl halides is 3. The van der Waals surface area contributed by atoms with E-state index in [9.17, 15) is 22.8 Å². The molecule has 0 aromatic carbocycles. The maximum Gasteiger partial charge on any atom is 0.471 e. The quantitative estimate of drug-likeness (QED) is 0.860. The smallest absolute Gasteiger partial charge is 0.465 e. The van der Waals surface area contributed by atoms with Gasteiger partial charge in [0.25, 0.3) is 0 Å². The lowest BCUT2D eigenvalue weighted by molar-refractivity contribution is -0.167. The number of carbonyl (C=O) groups excluding carboxylic acids is 2. The molecule has 1 atom stereocenters. The first-order chi connectivity index (χ1) is 10.3. The third-order valence-electron chi connectivity index (χ3n) is 3.82. The van der Waals surface area contributed by atoms with Crippen molar-refractivity contribution < 1.29 is 27.5 Å². The summed E-state index contributed by atoms with van der Waals surface area (Å²) in [4.78, 5) is 23.9. The summed E-state index contributed by atoms with van der Waals surface area (Å²) in [6.45, 7) is 2.05. The Hall–Kier alpha value is -1.57. The van der Waals surface area contributed by atoms with Crippen LogP contribution in [-0.2, 0) is 22.4 Å². The van der Waals surface area contributed by atoms with Crippen molar-refractivity contribution >= 4 is 28.2 Å². The fourth-order valence-corrected chi connectivity index (χ4v) is 3.93. The Labute approximate surface area is 129 Å². The van der Waals surface area contributed by atoms with Crippen LogP contribution >= 0.6 is 11.3 Å². The van der Waals surface area contributed by atoms with Gasteiger partial charge in [-0.05, 0) is 30.7 Å². The van der Waals surface area contributed by atoms with Gasteiger partial charge in [0.15, 0.2) is 0 Å². The Balaban J connectivity index is 2.39. The predicted octanol–water partition coefficient (Wildman–Crippen LogP) is 3.55. The zero-order valence-corrected chi connectivity index (χ0v) is 13.0. The Kier molecular flexibility index (Phi) is 4.79. The number of fused-ring (bicyclic) bond motifs is 1. The molecule has 122 valence electrons. The second-order valence-electron chi connectivity index (χ2n) is 5.17. The minimum absolute atomic E-state index is 0.0645. The lowest BCUT2D eigenvalue weighted by Crippen LogP contribution is -2.30. The molecule has 1 N–H and O–H groups in total. The number of esters is 1. The number of hydrogen-bond acceptors (Lipinski definition) is 4. The summed E-state index contributed by atoms with van der Waals surface area (Å²) in [5.41, 5.74) is 0.772. The Morgan fingerprint density at radius 2 is 2.09 bits per heavy atom. The maximum absolute atomic E-state index is 12.4. The summed E-state index contributed by atoms with van der Waals surface area (Å²) in [5.74, 6) is -2.35. The Bertz CT molecular complexity index is 595. The molecule has 0 spiro atoms. The van der Waals surface area contributed by atoms with Crippen LogP contribution in [0.15, 0.2) is 0 Å². The molecule has 1 unspecified atom stereocenters. The largest absolute Gasteiger partial charge is 0.471 e. The summed E-state index contributed by atoms with van der Waals surface area (Å²) in [7, 11) is 1.17. The van der Waals surface area contributed by atoms with Crippen LogP contribution in [0.5, 0.6) is 0 Å². The van der Waals surface area contributed by atoms with Gasteiger partial charge in [-0.2, -0.15) is 13.2 Å². The Morgan fingerprint density at radius 1 is 1.41 bits per heavy atom. The lowest BCUT2D eigenvalue weighted by atomic mass is 9.86. The highest BCUT2D eigenvalue weighted by Gasteiger charge is 2.40. The number of halogens is 3.